The van der Waals surface area contributed by atoms with Crippen LogP contribution in [0.25, 0.3) is 0 Å². The van der Waals surface area contributed by atoms with E-state index in [1.165, 1.54) is 24.4 Å². The summed E-state index contributed by atoms with van der Waals surface area (Å²) in [5, 5.41) is 0. The Kier molecular flexibility index (Phi) is 4.04. The fraction of sp³-hybridized carbons (Fsp3) is 0.154. The average molecular weight is 313 g/mol. The number of nitrogens with zero attached hydrogens (tertiary/aromatic N) is 1. The number of nitrogens with two attached hydrogens (primary N) is 1. The number of hydrogen-bond donors (Lipinski definition) is 1. The van der Waals surface area contributed by atoms with Crippen molar-refractivity contribution < 1.29 is 8.78 Å². The Hall–Kier alpha value is -1.33. The third-order valence-corrected chi connectivity index (χ3v) is 3.35. The van der Waals surface area contributed by atoms with Crippen LogP contribution in [0.2, 0.25) is 0 Å². The van der Waals surface area contributed by atoms with Crippen LogP contribution in [0.4, 0.5) is 8.78 Å². The van der Waals surface area contributed by atoms with Gasteiger partial charge in [0.2, 0.25) is 0 Å². The number of benzene rings is 1. The number of halogens is 3. The van der Waals surface area contributed by atoms with Crippen molar-refractivity contribution in [3.63, 3.8) is 0 Å². The van der Waals surface area contributed by atoms with Gasteiger partial charge in [0, 0.05) is 16.7 Å². The van der Waals surface area contributed by atoms with Crippen molar-refractivity contribution in [3.8, 4) is 0 Å². The Balaban J connectivity index is 2.18. The molecule has 5 heteroatoms. The Morgan fingerprint density at radius 3 is 2.61 bits per heavy atom. The maximum atomic E-state index is 13.0. The van der Waals surface area contributed by atoms with Crippen LogP contribution in [0.5, 0.6) is 0 Å². The largest absolute Gasteiger partial charge is 0.324 e. The molecule has 0 saturated carbocycles. The summed E-state index contributed by atoms with van der Waals surface area (Å²) in [4.78, 5) is 3.76. The van der Waals surface area contributed by atoms with Crippen LogP contribution < -0.4 is 5.73 Å². The molecule has 0 aliphatic carbocycles. The molecule has 1 unspecified atom stereocenters. The predicted octanol–water partition coefficient (Wildman–Crippen LogP) is 3.36. The van der Waals surface area contributed by atoms with Gasteiger partial charge in [-0.1, -0.05) is 22.0 Å². The maximum Gasteiger partial charge on any atom is 0.141 e. The van der Waals surface area contributed by atoms with E-state index in [2.05, 4.69) is 20.9 Å². The lowest BCUT2D eigenvalue weighted by molar-refractivity contribution is 0.609. The van der Waals surface area contributed by atoms with E-state index in [0.29, 0.717) is 16.5 Å². The topological polar surface area (TPSA) is 38.9 Å². The Morgan fingerprint density at radius 2 is 1.94 bits per heavy atom. The predicted molar refractivity (Wildman–Crippen MR) is 68.9 cm³/mol. The summed E-state index contributed by atoms with van der Waals surface area (Å²) in [6.07, 6.45) is 3.14. The lowest BCUT2D eigenvalue weighted by atomic mass is 10.0. The molecular formula is C13H11BrF2N2. The third kappa shape index (κ3) is 3.11. The zero-order chi connectivity index (χ0) is 13.1. The first-order valence-electron chi connectivity index (χ1n) is 5.36. The van der Waals surface area contributed by atoms with Gasteiger partial charge in [0.15, 0.2) is 0 Å². The van der Waals surface area contributed by atoms with Gasteiger partial charge >= 0.3 is 0 Å². The van der Waals surface area contributed by atoms with E-state index in [1.54, 1.807) is 6.07 Å². The summed E-state index contributed by atoms with van der Waals surface area (Å²) >= 11 is 3.28. The van der Waals surface area contributed by atoms with Crippen molar-refractivity contribution in [2.45, 2.75) is 12.5 Å². The van der Waals surface area contributed by atoms with Crippen molar-refractivity contribution in [1.29, 1.82) is 0 Å². The molecule has 0 fully saturated rings. The molecule has 18 heavy (non-hydrogen) atoms. The summed E-state index contributed by atoms with van der Waals surface area (Å²) in [6.45, 7) is 0. The van der Waals surface area contributed by atoms with Crippen LogP contribution in [0, 0.1) is 11.6 Å². The van der Waals surface area contributed by atoms with E-state index < -0.39 is 5.82 Å². The van der Waals surface area contributed by atoms with Crippen LogP contribution in [0.3, 0.4) is 0 Å². The van der Waals surface area contributed by atoms with Crippen LogP contribution in [0.15, 0.2) is 41.1 Å². The number of pyridine rings is 1. The molecule has 0 radical (unpaired) electrons. The second-order valence-electron chi connectivity index (χ2n) is 3.98. The van der Waals surface area contributed by atoms with E-state index in [9.17, 15) is 8.78 Å². The van der Waals surface area contributed by atoms with Crippen molar-refractivity contribution in [3.05, 3.63) is 63.9 Å². The Labute approximate surface area is 112 Å². The second-order valence-corrected chi connectivity index (χ2v) is 4.84. The molecule has 2 aromatic rings. The molecule has 0 saturated heterocycles. The van der Waals surface area contributed by atoms with E-state index >= 15 is 0 Å². The molecule has 94 valence electrons. The summed E-state index contributed by atoms with van der Waals surface area (Å²) in [6, 6.07) is 5.39. The monoisotopic (exact) mass is 312 g/mol. The minimum atomic E-state index is -0.416. The van der Waals surface area contributed by atoms with Gasteiger partial charge in [0.1, 0.15) is 11.6 Å². The quantitative estimate of drug-likeness (QED) is 0.943. The highest BCUT2D eigenvalue weighted by Gasteiger charge is 2.11. The summed E-state index contributed by atoms with van der Waals surface area (Å²) in [5.74, 6) is -0.729. The molecule has 2 N–H and O–H groups in total. The summed E-state index contributed by atoms with van der Waals surface area (Å²) < 4.78 is 26.6. The number of hydrogen-bond acceptors (Lipinski definition) is 2. The number of rotatable bonds is 3. The van der Waals surface area contributed by atoms with Gasteiger partial charge in [-0.25, -0.2) is 8.78 Å². The first-order valence-corrected chi connectivity index (χ1v) is 6.15. The summed E-state index contributed by atoms with van der Waals surface area (Å²) in [7, 11) is 0. The van der Waals surface area contributed by atoms with Crippen LogP contribution in [0.1, 0.15) is 17.2 Å². The zero-order valence-electron chi connectivity index (χ0n) is 9.41. The molecular weight excluding hydrogens is 302 g/mol. The minimum Gasteiger partial charge on any atom is -0.324 e. The van der Waals surface area contributed by atoms with Gasteiger partial charge in [-0.2, -0.15) is 0 Å². The fourth-order valence-corrected chi connectivity index (χ4v) is 2.19. The van der Waals surface area contributed by atoms with E-state index in [-0.39, 0.29) is 11.9 Å². The SMILES string of the molecule is NC(Cc1ccc(F)cc1Br)c1cncc(F)c1. The molecule has 1 aromatic carbocycles. The van der Waals surface area contributed by atoms with E-state index in [0.717, 1.165) is 11.8 Å². The molecule has 0 bridgehead atoms. The molecule has 2 rings (SSSR count). The molecule has 0 spiro atoms. The van der Waals surface area contributed by atoms with Crippen molar-refractivity contribution in [1.82, 2.24) is 4.98 Å². The summed E-state index contributed by atoms with van der Waals surface area (Å²) in [5.41, 5.74) is 7.47. The Morgan fingerprint density at radius 1 is 1.17 bits per heavy atom. The van der Waals surface area contributed by atoms with Gasteiger partial charge in [0.25, 0.3) is 0 Å². The lowest BCUT2D eigenvalue weighted by Gasteiger charge is -2.13. The van der Waals surface area contributed by atoms with Crippen molar-refractivity contribution in [2.24, 2.45) is 5.73 Å². The van der Waals surface area contributed by atoms with Crippen LogP contribution >= 0.6 is 15.9 Å². The molecule has 0 aliphatic heterocycles. The fourth-order valence-electron chi connectivity index (χ4n) is 1.67. The first-order chi connectivity index (χ1) is 8.56. The average Bonchev–Trinajstić information content (AvgIpc) is 2.32. The van der Waals surface area contributed by atoms with Crippen LogP contribution in [-0.2, 0) is 6.42 Å². The van der Waals surface area contributed by atoms with E-state index in [4.69, 9.17) is 5.73 Å². The smallest absolute Gasteiger partial charge is 0.141 e. The molecule has 1 atom stereocenters. The maximum absolute atomic E-state index is 13.0. The Bertz CT molecular complexity index is 560. The van der Waals surface area contributed by atoms with Crippen molar-refractivity contribution >= 4 is 15.9 Å². The van der Waals surface area contributed by atoms with E-state index in [1.807, 2.05) is 0 Å². The first kappa shape index (κ1) is 13.1. The van der Waals surface area contributed by atoms with Gasteiger partial charge in [-0.05, 0) is 35.7 Å². The van der Waals surface area contributed by atoms with Crippen molar-refractivity contribution in [2.75, 3.05) is 0 Å². The second kappa shape index (κ2) is 5.54. The molecule has 2 nitrogen and oxygen atoms in total. The number of aromatic nitrogens is 1. The van der Waals surface area contributed by atoms with Gasteiger partial charge in [-0.3, -0.25) is 4.98 Å². The normalized spacial score (nSPS) is 12.4. The lowest BCUT2D eigenvalue weighted by Crippen LogP contribution is -2.14. The zero-order valence-corrected chi connectivity index (χ0v) is 11.0. The van der Waals surface area contributed by atoms with Gasteiger partial charge < -0.3 is 5.73 Å². The minimum absolute atomic E-state index is 0.313. The molecule has 0 amide bonds. The highest BCUT2D eigenvalue weighted by atomic mass is 79.9. The van der Waals surface area contributed by atoms with Gasteiger partial charge in [-0.15, -0.1) is 0 Å². The standard InChI is InChI=1S/C13H11BrF2N2/c14-12-5-10(15)2-1-8(12)4-13(17)9-3-11(16)7-18-6-9/h1-3,5-7,13H,4,17H2. The highest BCUT2D eigenvalue weighted by Crippen LogP contribution is 2.23. The van der Waals surface area contributed by atoms with Gasteiger partial charge in [0.05, 0.1) is 6.20 Å². The molecule has 1 aromatic heterocycles. The highest BCUT2D eigenvalue weighted by molar-refractivity contribution is 9.10. The van der Waals surface area contributed by atoms with Crippen LogP contribution in [-0.4, -0.2) is 4.98 Å². The third-order valence-electron chi connectivity index (χ3n) is 2.61. The molecule has 0 aliphatic rings. The molecule has 1 heterocycles.